The van der Waals surface area contributed by atoms with E-state index in [-0.39, 0.29) is 30.7 Å². The molecule has 5 rings (SSSR count). The van der Waals surface area contributed by atoms with Crippen LogP contribution in [0.25, 0.3) is 11.2 Å². The number of halogens is 2. The number of ether oxygens (including phenoxy) is 2. The van der Waals surface area contributed by atoms with Crippen LogP contribution in [0.4, 0.5) is 21.1 Å². The molecule has 0 radical (unpaired) electrons. The van der Waals surface area contributed by atoms with Gasteiger partial charge in [-0.1, -0.05) is 18.5 Å². The number of hydrogen-bond acceptors (Lipinski definition) is 9. The second-order valence-electron chi connectivity index (χ2n) is 11.7. The van der Waals surface area contributed by atoms with E-state index in [4.69, 9.17) is 26.8 Å². The van der Waals surface area contributed by atoms with Crippen LogP contribution in [0, 0.1) is 3.57 Å². The molecule has 0 bridgehead atoms. The van der Waals surface area contributed by atoms with Gasteiger partial charge in [0, 0.05) is 28.3 Å². The zero-order valence-electron chi connectivity index (χ0n) is 24.4. The Labute approximate surface area is 267 Å². The van der Waals surface area contributed by atoms with Gasteiger partial charge in [-0.05, 0) is 79.8 Å². The highest BCUT2D eigenvalue weighted by molar-refractivity contribution is 14.1. The lowest BCUT2D eigenvalue weighted by molar-refractivity contribution is -0.137. The van der Waals surface area contributed by atoms with Crippen LogP contribution >= 0.6 is 34.2 Å². The molecule has 1 aromatic carbocycles. The fraction of sp³-hybridized carbons (Fsp3) is 0.500. The monoisotopic (exact) mass is 724 g/mol. The van der Waals surface area contributed by atoms with Crippen molar-refractivity contribution in [3.8, 4) is 0 Å². The van der Waals surface area contributed by atoms with Crippen molar-refractivity contribution in [3.63, 3.8) is 0 Å². The average molecular weight is 725 g/mol. The summed E-state index contributed by atoms with van der Waals surface area (Å²) in [5, 5.41) is 6.21. The van der Waals surface area contributed by atoms with Gasteiger partial charge in [-0.25, -0.2) is 24.5 Å². The number of carbonyl (C=O) groups is 3. The number of imidazole rings is 1. The van der Waals surface area contributed by atoms with E-state index in [0.717, 1.165) is 33.2 Å². The minimum atomic E-state index is -1.41. The first-order valence-corrected chi connectivity index (χ1v) is 15.5. The van der Waals surface area contributed by atoms with Gasteiger partial charge < -0.3 is 30.0 Å². The van der Waals surface area contributed by atoms with Crippen molar-refractivity contribution in [2.75, 3.05) is 23.3 Å². The maximum Gasteiger partial charge on any atom is 0.413 e. The van der Waals surface area contributed by atoms with Crippen LogP contribution < -0.4 is 21.3 Å². The van der Waals surface area contributed by atoms with Gasteiger partial charge in [0.25, 0.3) is 5.91 Å². The number of nitrogens with zero attached hydrogens (tertiary/aromatic N) is 5. The molecule has 2 aromatic heterocycles. The molecule has 1 atom stereocenters. The van der Waals surface area contributed by atoms with Crippen LogP contribution in [-0.4, -0.2) is 67.9 Å². The summed E-state index contributed by atoms with van der Waals surface area (Å²) in [4.78, 5) is 52.8. The summed E-state index contributed by atoms with van der Waals surface area (Å²) in [5.41, 5.74) is 7.04. The van der Waals surface area contributed by atoms with Gasteiger partial charge in [-0.3, -0.25) is 10.1 Å². The van der Waals surface area contributed by atoms with E-state index >= 15 is 0 Å². The molecule has 3 amide bonds. The van der Waals surface area contributed by atoms with Crippen molar-refractivity contribution in [2.24, 2.45) is 5.73 Å². The van der Waals surface area contributed by atoms with Gasteiger partial charge in [0.1, 0.15) is 11.9 Å². The molecule has 1 aliphatic heterocycles. The van der Waals surface area contributed by atoms with Crippen LogP contribution in [0.5, 0.6) is 0 Å². The maximum absolute atomic E-state index is 13.3. The van der Waals surface area contributed by atoms with Gasteiger partial charge in [-0.2, -0.15) is 0 Å². The van der Waals surface area contributed by atoms with E-state index in [1.807, 2.05) is 22.5 Å². The highest BCUT2D eigenvalue weighted by atomic mass is 127. The SMILES string of the molecule is CCc1c(I)c(Cl)cc(N2CC[C@](OC(N)=O)(C(=O)NC3CC3)C2)c1Cn1cnc2c(NC(=O)OC(C)(C)C)ncnc21. The van der Waals surface area contributed by atoms with Gasteiger partial charge in [0.2, 0.25) is 5.60 Å². The lowest BCUT2D eigenvalue weighted by atomic mass is 10.0. The van der Waals surface area contributed by atoms with E-state index in [1.54, 1.807) is 27.1 Å². The summed E-state index contributed by atoms with van der Waals surface area (Å²) < 4.78 is 13.7. The van der Waals surface area contributed by atoms with Gasteiger partial charge >= 0.3 is 12.2 Å². The molecule has 13 nitrogen and oxygen atoms in total. The fourth-order valence-electron chi connectivity index (χ4n) is 5.23. The molecule has 1 saturated heterocycles. The lowest BCUT2D eigenvalue weighted by Crippen LogP contribution is -2.53. The number of benzene rings is 1. The number of hydrogen-bond donors (Lipinski definition) is 3. The predicted molar refractivity (Wildman–Crippen MR) is 169 cm³/mol. The quantitative estimate of drug-likeness (QED) is 0.286. The Kier molecular flexibility index (Phi) is 8.62. The van der Waals surface area contributed by atoms with Crippen LogP contribution in [0.15, 0.2) is 18.7 Å². The first-order valence-electron chi connectivity index (χ1n) is 14.0. The number of rotatable bonds is 8. The maximum atomic E-state index is 13.3. The van der Waals surface area contributed by atoms with E-state index in [2.05, 4.69) is 48.2 Å². The van der Waals surface area contributed by atoms with Gasteiger partial charge in [0.05, 0.1) is 24.4 Å². The minimum absolute atomic E-state index is 0.0936. The molecule has 1 aliphatic carbocycles. The minimum Gasteiger partial charge on any atom is -0.444 e. The highest BCUT2D eigenvalue weighted by Gasteiger charge is 2.50. The van der Waals surface area contributed by atoms with Crippen molar-refractivity contribution in [1.82, 2.24) is 24.8 Å². The third kappa shape index (κ3) is 6.74. The third-order valence-corrected chi connectivity index (χ3v) is 9.16. The van der Waals surface area contributed by atoms with Crippen LogP contribution in [0.1, 0.15) is 58.1 Å². The number of nitrogens with one attached hydrogen (secondary N) is 2. The molecule has 3 aromatic rings. The summed E-state index contributed by atoms with van der Waals surface area (Å²) >= 11 is 8.96. The van der Waals surface area contributed by atoms with Crippen molar-refractivity contribution >= 4 is 75.0 Å². The summed E-state index contributed by atoms with van der Waals surface area (Å²) in [6.45, 7) is 8.30. The summed E-state index contributed by atoms with van der Waals surface area (Å²) in [7, 11) is 0. The fourth-order valence-corrected chi connectivity index (χ4v) is 6.31. The first kappa shape index (κ1) is 31.0. The molecular formula is C28H34ClIN8O5. The molecule has 0 unspecified atom stereocenters. The Bertz CT molecular complexity index is 1590. The lowest BCUT2D eigenvalue weighted by Gasteiger charge is -2.29. The zero-order valence-corrected chi connectivity index (χ0v) is 27.3. The van der Waals surface area contributed by atoms with E-state index in [9.17, 15) is 14.4 Å². The van der Waals surface area contributed by atoms with Crippen molar-refractivity contribution in [1.29, 1.82) is 0 Å². The highest BCUT2D eigenvalue weighted by Crippen LogP contribution is 2.39. The van der Waals surface area contributed by atoms with Crippen molar-refractivity contribution < 1.29 is 23.9 Å². The number of carbonyl (C=O) groups excluding carboxylic acids is 3. The Hall–Kier alpha value is -3.40. The predicted octanol–water partition coefficient (Wildman–Crippen LogP) is 4.36. The topological polar surface area (TPSA) is 167 Å². The van der Waals surface area contributed by atoms with E-state index < -0.39 is 23.4 Å². The molecule has 0 spiro atoms. The molecule has 4 N–H and O–H groups in total. The number of aromatic nitrogens is 4. The first-order chi connectivity index (χ1) is 20.3. The number of nitrogens with two attached hydrogens (primary N) is 1. The van der Waals surface area contributed by atoms with Crippen LogP contribution in [-0.2, 0) is 27.2 Å². The number of fused-ring (bicyclic) bond motifs is 1. The average Bonchev–Trinajstić information content (AvgIpc) is 3.47. The van der Waals surface area contributed by atoms with Crippen LogP contribution in [0.2, 0.25) is 5.02 Å². The zero-order chi connectivity index (χ0) is 31.1. The Morgan fingerprint density at radius 1 is 1.21 bits per heavy atom. The van der Waals surface area contributed by atoms with E-state index in [1.165, 1.54) is 6.33 Å². The largest absolute Gasteiger partial charge is 0.444 e. The molecule has 2 aliphatic rings. The molecule has 15 heteroatoms. The third-order valence-electron chi connectivity index (χ3n) is 7.31. The Balaban J connectivity index is 1.50. The second kappa shape index (κ2) is 11.9. The summed E-state index contributed by atoms with van der Waals surface area (Å²) in [5.74, 6) is -0.110. The molecule has 230 valence electrons. The van der Waals surface area contributed by atoms with Crippen molar-refractivity contribution in [2.45, 2.75) is 77.2 Å². The summed E-state index contributed by atoms with van der Waals surface area (Å²) in [6, 6.07) is 1.97. The van der Waals surface area contributed by atoms with Gasteiger partial charge in [0.15, 0.2) is 17.0 Å². The molecular weight excluding hydrogens is 691 g/mol. The summed E-state index contributed by atoms with van der Waals surface area (Å²) in [6.07, 6.45) is 4.11. The second-order valence-corrected chi connectivity index (χ2v) is 13.2. The number of amides is 3. The van der Waals surface area contributed by atoms with Crippen molar-refractivity contribution in [3.05, 3.63) is 38.4 Å². The van der Waals surface area contributed by atoms with Crippen LogP contribution in [0.3, 0.4) is 0 Å². The Morgan fingerprint density at radius 2 is 1.95 bits per heavy atom. The Morgan fingerprint density at radius 3 is 2.60 bits per heavy atom. The molecule has 3 heterocycles. The van der Waals surface area contributed by atoms with Gasteiger partial charge in [-0.15, -0.1) is 0 Å². The number of anilines is 2. The molecule has 43 heavy (non-hydrogen) atoms. The normalized spacial score (nSPS) is 18.5. The molecule has 1 saturated carbocycles. The standard InChI is InChI=1S/C28H34ClIN8O5/c1-5-16-17(11-38-14-34-21-22(32-13-33-23(21)38)36-26(41)43-27(2,3)4)19(10-18(29)20(16)30)37-9-8-28(12-37,42-25(31)40)24(39)35-15-6-7-15/h10,13-15H,5-9,11-12H2,1-4H3,(H2,31,40)(H,35,39)(H,32,33,36,41)/t28-/m1/s1. The molecule has 2 fully saturated rings. The smallest absolute Gasteiger partial charge is 0.413 e. The van der Waals surface area contributed by atoms with E-state index in [0.29, 0.717) is 35.7 Å². The number of primary amides is 1.